The molecule has 1 aromatic heterocycles. The normalized spacial score (nSPS) is 10.8. The molecular weight excluding hydrogens is 346 g/mol. The van der Waals surface area contributed by atoms with E-state index in [4.69, 9.17) is 11.6 Å². The molecule has 2 aromatic carbocycles. The van der Waals surface area contributed by atoms with Gasteiger partial charge in [-0.05, 0) is 41.7 Å². The second-order valence-electron chi connectivity index (χ2n) is 6.34. The van der Waals surface area contributed by atoms with E-state index in [0.717, 1.165) is 22.7 Å². The van der Waals surface area contributed by atoms with Gasteiger partial charge in [0.15, 0.2) is 5.82 Å². The van der Waals surface area contributed by atoms with Crippen LogP contribution in [0.4, 0.5) is 17.5 Å². The standard InChI is InChI=1S/C20H22ClN5/c1-14(2)17-8-3-4-9-18(17)24-19-13-23-26-20(25-19)22-11-10-15-6-5-7-16(21)12-15/h3-9,12-14H,10-11H2,1-2H3,(H2,22,24,25,26). The van der Waals surface area contributed by atoms with E-state index < -0.39 is 0 Å². The lowest BCUT2D eigenvalue weighted by Gasteiger charge is -2.14. The van der Waals surface area contributed by atoms with Crippen LogP contribution >= 0.6 is 11.6 Å². The maximum Gasteiger partial charge on any atom is 0.244 e. The van der Waals surface area contributed by atoms with Crippen LogP contribution in [-0.4, -0.2) is 21.7 Å². The van der Waals surface area contributed by atoms with E-state index in [1.165, 1.54) is 5.56 Å². The Morgan fingerprint density at radius 3 is 2.73 bits per heavy atom. The number of anilines is 3. The van der Waals surface area contributed by atoms with Gasteiger partial charge in [0, 0.05) is 17.3 Å². The van der Waals surface area contributed by atoms with Crippen molar-refractivity contribution in [3.05, 3.63) is 70.9 Å². The summed E-state index contributed by atoms with van der Waals surface area (Å²) in [6.45, 7) is 5.04. The number of nitrogens with zero attached hydrogens (tertiary/aromatic N) is 3. The van der Waals surface area contributed by atoms with E-state index in [9.17, 15) is 0 Å². The summed E-state index contributed by atoms with van der Waals surface area (Å²) in [5.41, 5.74) is 3.44. The molecule has 0 saturated carbocycles. The van der Waals surface area contributed by atoms with Gasteiger partial charge in [-0.1, -0.05) is 55.8 Å². The van der Waals surface area contributed by atoms with E-state index in [0.29, 0.717) is 24.2 Å². The summed E-state index contributed by atoms with van der Waals surface area (Å²) >= 11 is 6.01. The van der Waals surface area contributed by atoms with Gasteiger partial charge in [0.1, 0.15) is 0 Å². The quantitative estimate of drug-likeness (QED) is 0.612. The van der Waals surface area contributed by atoms with Crippen molar-refractivity contribution in [3.63, 3.8) is 0 Å². The number of halogens is 1. The summed E-state index contributed by atoms with van der Waals surface area (Å²) in [6, 6.07) is 16.0. The lowest BCUT2D eigenvalue weighted by molar-refractivity contribution is 0.868. The molecule has 0 unspecified atom stereocenters. The van der Waals surface area contributed by atoms with Gasteiger partial charge < -0.3 is 10.6 Å². The Labute approximate surface area is 158 Å². The molecule has 1 heterocycles. The summed E-state index contributed by atoms with van der Waals surface area (Å²) in [6.07, 6.45) is 2.46. The molecule has 0 radical (unpaired) electrons. The van der Waals surface area contributed by atoms with Gasteiger partial charge in [-0.25, -0.2) is 0 Å². The first-order valence-electron chi connectivity index (χ1n) is 8.66. The molecule has 0 aliphatic carbocycles. The van der Waals surface area contributed by atoms with Crippen molar-refractivity contribution in [3.8, 4) is 0 Å². The van der Waals surface area contributed by atoms with Gasteiger partial charge in [-0.15, -0.1) is 5.10 Å². The molecule has 0 saturated heterocycles. The largest absolute Gasteiger partial charge is 0.353 e. The third kappa shape index (κ3) is 4.92. The topological polar surface area (TPSA) is 62.7 Å². The Hall–Kier alpha value is -2.66. The van der Waals surface area contributed by atoms with Crippen LogP contribution in [0.5, 0.6) is 0 Å². The second kappa shape index (κ2) is 8.63. The molecule has 0 atom stereocenters. The highest BCUT2D eigenvalue weighted by Gasteiger charge is 2.07. The molecule has 3 rings (SSSR count). The fourth-order valence-corrected chi connectivity index (χ4v) is 2.91. The molecule has 0 spiro atoms. The third-order valence-electron chi connectivity index (χ3n) is 3.99. The van der Waals surface area contributed by atoms with E-state index in [-0.39, 0.29) is 0 Å². The number of hydrogen-bond donors (Lipinski definition) is 2. The molecule has 6 heteroatoms. The molecule has 2 N–H and O–H groups in total. The van der Waals surface area contributed by atoms with E-state index in [2.05, 4.69) is 45.7 Å². The molecule has 0 bridgehead atoms. The van der Waals surface area contributed by atoms with E-state index in [1.807, 2.05) is 42.5 Å². The molecule has 0 aliphatic rings. The lowest BCUT2D eigenvalue weighted by atomic mass is 10.0. The SMILES string of the molecule is CC(C)c1ccccc1Nc1cnnc(NCCc2cccc(Cl)c2)n1. The second-order valence-corrected chi connectivity index (χ2v) is 6.78. The van der Waals surface area contributed by atoms with Crippen LogP contribution < -0.4 is 10.6 Å². The number of benzene rings is 2. The Balaban J connectivity index is 1.63. The summed E-state index contributed by atoms with van der Waals surface area (Å²) in [4.78, 5) is 4.50. The Morgan fingerprint density at radius 1 is 1.08 bits per heavy atom. The highest BCUT2D eigenvalue weighted by molar-refractivity contribution is 6.30. The first-order valence-corrected chi connectivity index (χ1v) is 9.03. The highest BCUT2D eigenvalue weighted by Crippen LogP contribution is 2.26. The molecule has 134 valence electrons. The van der Waals surface area contributed by atoms with Crippen LogP contribution in [0.15, 0.2) is 54.7 Å². The van der Waals surface area contributed by atoms with Crippen molar-refractivity contribution in [2.75, 3.05) is 17.2 Å². The fourth-order valence-electron chi connectivity index (χ4n) is 2.70. The van der Waals surface area contributed by atoms with Gasteiger partial charge in [0.25, 0.3) is 0 Å². The van der Waals surface area contributed by atoms with Crippen molar-refractivity contribution < 1.29 is 0 Å². The molecule has 5 nitrogen and oxygen atoms in total. The van der Waals surface area contributed by atoms with Crippen LogP contribution in [-0.2, 0) is 6.42 Å². The highest BCUT2D eigenvalue weighted by atomic mass is 35.5. The van der Waals surface area contributed by atoms with Crippen LogP contribution in [0, 0.1) is 0 Å². The first kappa shape index (κ1) is 18.1. The molecule has 26 heavy (non-hydrogen) atoms. The van der Waals surface area contributed by atoms with Crippen LogP contribution in [0.1, 0.15) is 30.9 Å². The number of para-hydroxylation sites is 1. The Kier molecular flexibility index (Phi) is 6.02. The maximum atomic E-state index is 6.01. The molecular formula is C20H22ClN5. The number of rotatable bonds is 7. The van der Waals surface area contributed by atoms with E-state index in [1.54, 1.807) is 6.20 Å². The minimum atomic E-state index is 0.420. The molecule has 3 aromatic rings. The first-order chi connectivity index (χ1) is 12.6. The fraction of sp³-hybridized carbons (Fsp3) is 0.250. The summed E-state index contributed by atoms with van der Waals surface area (Å²) in [5, 5.41) is 15.4. The van der Waals surface area contributed by atoms with Crippen LogP contribution in [0.3, 0.4) is 0 Å². The lowest BCUT2D eigenvalue weighted by Crippen LogP contribution is -2.10. The Morgan fingerprint density at radius 2 is 1.92 bits per heavy atom. The summed E-state index contributed by atoms with van der Waals surface area (Å²) in [7, 11) is 0. The third-order valence-corrected chi connectivity index (χ3v) is 4.23. The molecule has 0 amide bonds. The number of hydrogen-bond acceptors (Lipinski definition) is 5. The average Bonchev–Trinajstić information content (AvgIpc) is 2.62. The zero-order chi connectivity index (χ0) is 18.4. The van der Waals surface area contributed by atoms with E-state index >= 15 is 0 Å². The van der Waals surface area contributed by atoms with Crippen molar-refractivity contribution in [2.45, 2.75) is 26.2 Å². The predicted molar refractivity (Wildman–Crippen MR) is 107 cm³/mol. The van der Waals surface area contributed by atoms with Crippen molar-refractivity contribution in [1.29, 1.82) is 0 Å². The zero-order valence-electron chi connectivity index (χ0n) is 14.9. The smallest absolute Gasteiger partial charge is 0.244 e. The molecule has 0 aliphatic heterocycles. The van der Waals surface area contributed by atoms with Gasteiger partial charge >= 0.3 is 0 Å². The Bertz CT molecular complexity index is 866. The zero-order valence-corrected chi connectivity index (χ0v) is 15.7. The van der Waals surface area contributed by atoms with Crippen molar-refractivity contribution >= 4 is 29.1 Å². The van der Waals surface area contributed by atoms with Gasteiger partial charge in [0.05, 0.1) is 6.20 Å². The minimum Gasteiger partial charge on any atom is -0.353 e. The number of nitrogens with one attached hydrogen (secondary N) is 2. The van der Waals surface area contributed by atoms with Gasteiger partial charge in [-0.2, -0.15) is 10.1 Å². The van der Waals surface area contributed by atoms with Crippen LogP contribution in [0.25, 0.3) is 0 Å². The van der Waals surface area contributed by atoms with Gasteiger partial charge in [-0.3, -0.25) is 0 Å². The summed E-state index contributed by atoms with van der Waals surface area (Å²) in [5.74, 6) is 1.58. The number of aromatic nitrogens is 3. The summed E-state index contributed by atoms with van der Waals surface area (Å²) < 4.78 is 0. The predicted octanol–water partition coefficient (Wildman–Crippen LogP) is 5.05. The van der Waals surface area contributed by atoms with Crippen molar-refractivity contribution in [2.24, 2.45) is 0 Å². The van der Waals surface area contributed by atoms with Crippen LogP contribution in [0.2, 0.25) is 5.02 Å². The minimum absolute atomic E-state index is 0.420. The monoisotopic (exact) mass is 367 g/mol. The molecule has 0 fully saturated rings. The average molecular weight is 368 g/mol. The maximum absolute atomic E-state index is 6.01. The van der Waals surface area contributed by atoms with Gasteiger partial charge in [0.2, 0.25) is 5.95 Å². The van der Waals surface area contributed by atoms with Crippen molar-refractivity contribution in [1.82, 2.24) is 15.2 Å².